The lowest BCUT2D eigenvalue weighted by atomic mass is 10.1. The summed E-state index contributed by atoms with van der Waals surface area (Å²) in [6.07, 6.45) is -0.407. The van der Waals surface area contributed by atoms with Crippen molar-refractivity contribution in [2.75, 3.05) is 13.1 Å². The highest BCUT2D eigenvalue weighted by Crippen LogP contribution is 2.25. The predicted molar refractivity (Wildman–Crippen MR) is 105 cm³/mol. The summed E-state index contributed by atoms with van der Waals surface area (Å²) in [7, 11) is -3.61. The zero-order valence-corrected chi connectivity index (χ0v) is 18.3. The molecule has 1 aliphatic heterocycles. The Morgan fingerprint density at radius 3 is 2.23 bits per heavy atom. The number of halogens is 1. The van der Waals surface area contributed by atoms with E-state index in [1.165, 1.54) is 4.31 Å². The molecule has 1 aromatic carbocycles. The summed E-state index contributed by atoms with van der Waals surface area (Å²) in [6.45, 7) is 9.64. The van der Waals surface area contributed by atoms with Crippen LogP contribution in [0, 0.1) is 0 Å². The van der Waals surface area contributed by atoms with Gasteiger partial charge in [0.2, 0.25) is 10.0 Å². The van der Waals surface area contributed by atoms with Gasteiger partial charge in [0.05, 0.1) is 4.90 Å². The minimum absolute atomic E-state index is 0.239. The molecular formula is C18H27BrN2O4S. The molecule has 0 saturated carbocycles. The van der Waals surface area contributed by atoms with Crippen LogP contribution < -0.4 is 0 Å². The molecule has 8 heteroatoms. The minimum atomic E-state index is -3.61. The third-order valence-electron chi connectivity index (χ3n) is 4.24. The maximum Gasteiger partial charge on any atom is 0.410 e. The van der Waals surface area contributed by atoms with E-state index >= 15 is 0 Å². The minimum Gasteiger partial charge on any atom is -0.444 e. The highest BCUT2D eigenvalue weighted by molar-refractivity contribution is 9.08. The van der Waals surface area contributed by atoms with Crippen LogP contribution in [0.4, 0.5) is 4.79 Å². The second kappa shape index (κ2) is 7.86. The molecule has 0 aliphatic carbocycles. The lowest BCUT2D eigenvalue weighted by molar-refractivity contribution is 0.00190. The van der Waals surface area contributed by atoms with Crippen molar-refractivity contribution in [3.05, 3.63) is 29.8 Å². The maximum atomic E-state index is 13.0. The highest BCUT2D eigenvalue weighted by Gasteiger charge is 2.40. The Labute approximate surface area is 164 Å². The van der Waals surface area contributed by atoms with Crippen molar-refractivity contribution < 1.29 is 17.9 Å². The van der Waals surface area contributed by atoms with E-state index in [0.29, 0.717) is 11.9 Å². The second-order valence-corrected chi connectivity index (χ2v) is 10.1. The average Bonchev–Trinajstić information content (AvgIpc) is 2.54. The quantitative estimate of drug-likeness (QED) is 0.665. The van der Waals surface area contributed by atoms with Gasteiger partial charge in [-0.1, -0.05) is 28.1 Å². The van der Waals surface area contributed by atoms with E-state index in [0.717, 1.165) is 5.56 Å². The molecule has 1 amide bonds. The second-order valence-electron chi connectivity index (χ2n) is 7.68. The molecule has 6 nitrogen and oxygen atoms in total. The van der Waals surface area contributed by atoms with Crippen LogP contribution in [0.5, 0.6) is 0 Å². The normalized spacial score (nSPS) is 22.3. The van der Waals surface area contributed by atoms with Gasteiger partial charge in [-0.3, -0.25) is 0 Å². The molecule has 1 heterocycles. The smallest absolute Gasteiger partial charge is 0.410 e. The van der Waals surface area contributed by atoms with Gasteiger partial charge in [0.15, 0.2) is 0 Å². The average molecular weight is 447 g/mol. The SMILES string of the molecule is CC1CN(S(=O)(=O)c2ccc(CBr)cc2)C(C)CN1C(=O)OC(C)(C)C. The van der Waals surface area contributed by atoms with Crippen LogP contribution in [0.25, 0.3) is 0 Å². The fraction of sp³-hybridized carbons (Fsp3) is 0.611. The zero-order chi connectivity index (χ0) is 19.7. The Morgan fingerprint density at radius 1 is 1.15 bits per heavy atom. The van der Waals surface area contributed by atoms with Gasteiger partial charge in [-0.15, -0.1) is 0 Å². The molecule has 1 saturated heterocycles. The van der Waals surface area contributed by atoms with Gasteiger partial charge >= 0.3 is 6.09 Å². The van der Waals surface area contributed by atoms with E-state index in [9.17, 15) is 13.2 Å². The third-order valence-corrected chi connectivity index (χ3v) is 6.88. The van der Waals surface area contributed by atoms with Crippen molar-refractivity contribution in [2.45, 2.75) is 62.5 Å². The van der Waals surface area contributed by atoms with Crippen molar-refractivity contribution in [3.8, 4) is 0 Å². The fourth-order valence-corrected chi connectivity index (χ4v) is 4.97. The predicted octanol–water partition coefficient (Wildman–Crippen LogP) is 3.60. The molecule has 0 spiro atoms. The number of nitrogens with zero attached hydrogens (tertiary/aromatic N) is 2. The molecule has 0 N–H and O–H groups in total. The largest absolute Gasteiger partial charge is 0.444 e. The van der Waals surface area contributed by atoms with Crippen LogP contribution in [0.2, 0.25) is 0 Å². The molecular weight excluding hydrogens is 420 g/mol. The molecule has 2 unspecified atom stereocenters. The number of rotatable bonds is 3. The molecule has 0 bridgehead atoms. The van der Waals surface area contributed by atoms with E-state index in [1.807, 2.05) is 34.6 Å². The van der Waals surface area contributed by atoms with Gasteiger partial charge in [0, 0.05) is 30.5 Å². The number of hydrogen-bond acceptors (Lipinski definition) is 4. The molecule has 1 aromatic rings. The highest BCUT2D eigenvalue weighted by atomic mass is 79.9. The number of alkyl halides is 1. The van der Waals surface area contributed by atoms with Gasteiger partial charge in [-0.2, -0.15) is 4.31 Å². The van der Waals surface area contributed by atoms with E-state index in [-0.39, 0.29) is 23.5 Å². The monoisotopic (exact) mass is 446 g/mol. The lowest BCUT2D eigenvalue weighted by Gasteiger charge is -2.43. The molecule has 1 fully saturated rings. The maximum absolute atomic E-state index is 13.0. The van der Waals surface area contributed by atoms with Crippen molar-refractivity contribution in [2.24, 2.45) is 0 Å². The molecule has 146 valence electrons. The Balaban J connectivity index is 2.18. The Bertz CT molecular complexity index is 743. The number of piperazine rings is 1. The standard InChI is InChI=1S/C18H27BrN2O4S/c1-13-12-21(14(2)11-20(13)17(22)25-18(3,4)5)26(23,24)16-8-6-15(10-19)7-9-16/h6-9,13-14H,10-12H2,1-5H3. The number of amides is 1. The van der Waals surface area contributed by atoms with Gasteiger partial charge in [-0.25, -0.2) is 13.2 Å². The zero-order valence-electron chi connectivity index (χ0n) is 15.9. The van der Waals surface area contributed by atoms with Crippen LogP contribution in [-0.2, 0) is 20.1 Å². The summed E-state index contributed by atoms with van der Waals surface area (Å²) >= 11 is 3.36. The molecule has 0 radical (unpaired) electrons. The van der Waals surface area contributed by atoms with Crippen molar-refractivity contribution >= 4 is 32.0 Å². The van der Waals surface area contributed by atoms with E-state index in [4.69, 9.17) is 4.74 Å². The number of ether oxygens (including phenoxy) is 1. The summed E-state index contributed by atoms with van der Waals surface area (Å²) in [6, 6.07) is 6.25. The van der Waals surface area contributed by atoms with E-state index in [1.54, 1.807) is 29.2 Å². The topological polar surface area (TPSA) is 66.9 Å². The number of hydrogen-bond donors (Lipinski definition) is 0. The third kappa shape index (κ3) is 4.78. The summed E-state index contributed by atoms with van der Waals surface area (Å²) in [5.74, 6) is 0. The fourth-order valence-electron chi connectivity index (χ4n) is 2.89. The van der Waals surface area contributed by atoms with E-state index < -0.39 is 21.7 Å². The first-order valence-electron chi connectivity index (χ1n) is 8.62. The van der Waals surface area contributed by atoms with Crippen molar-refractivity contribution in [1.29, 1.82) is 0 Å². The summed E-state index contributed by atoms with van der Waals surface area (Å²) in [5, 5.41) is 0.676. The Kier molecular flexibility index (Phi) is 6.40. The molecule has 2 rings (SSSR count). The first-order chi connectivity index (χ1) is 12.0. The number of carbonyl (C=O) groups excluding carboxylic acids is 1. The van der Waals surface area contributed by atoms with Crippen LogP contribution >= 0.6 is 15.9 Å². The van der Waals surface area contributed by atoms with Crippen molar-refractivity contribution in [3.63, 3.8) is 0 Å². The molecule has 1 aliphatic rings. The van der Waals surface area contributed by atoms with Crippen LogP contribution in [0.3, 0.4) is 0 Å². The number of carbonyl (C=O) groups is 1. The van der Waals surface area contributed by atoms with Gasteiger partial charge in [0.25, 0.3) is 0 Å². The molecule has 0 aromatic heterocycles. The van der Waals surface area contributed by atoms with Crippen LogP contribution in [0.15, 0.2) is 29.2 Å². The van der Waals surface area contributed by atoms with Gasteiger partial charge in [-0.05, 0) is 52.3 Å². The number of benzene rings is 1. The number of sulfonamides is 1. The summed E-state index contributed by atoms with van der Waals surface area (Å²) in [4.78, 5) is 14.3. The van der Waals surface area contributed by atoms with Crippen LogP contribution in [-0.4, -0.2) is 54.5 Å². The summed E-state index contributed by atoms with van der Waals surface area (Å²) in [5.41, 5.74) is 0.431. The Morgan fingerprint density at radius 2 is 1.73 bits per heavy atom. The molecule has 2 atom stereocenters. The van der Waals surface area contributed by atoms with Crippen LogP contribution in [0.1, 0.15) is 40.2 Å². The lowest BCUT2D eigenvalue weighted by Crippen LogP contribution is -2.59. The van der Waals surface area contributed by atoms with Crippen molar-refractivity contribution in [1.82, 2.24) is 9.21 Å². The Hall–Kier alpha value is -1.12. The first-order valence-corrected chi connectivity index (χ1v) is 11.2. The first kappa shape index (κ1) is 21.2. The summed E-state index contributed by atoms with van der Waals surface area (Å²) < 4.78 is 33.0. The van der Waals surface area contributed by atoms with E-state index in [2.05, 4.69) is 15.9 Å². The van der Waals surface area contributed by atoms with Gasteiger partial charge in [0.1, 0.15) is 5.60 Å². The van der Waals surface area contributed by atoms with Gasteiger partial charge < -0.3 is 9.64 Å². The molecule has 26 heavy (non-hydrogen) atoms.